The van der Waals surface area contributed by atoms with Crippen molar-refractivity contribution in [2.45, 2.75) is 19.9 Å². The number of benzene rings is 1. The van der Waals surface area contributed by atoms with E-state index in [1.807, 2.05) is 18.2 Å². The molecule has 5 nitrogen and oxygen atoms in total. The first-order valence-corrected chi connectivity index (χ1v) is 5.08. The minimum Gasteiger partial charge on any atom is -0.409 e. The van der Waals surface area contributed by atoms with Gasteiger partial charge < -0.3 is 15.5 Å². The minimum atomic E-state index is 0.0981. The van der Waals surface area contributed by atoms with Gasteiger partial charge in [-0.15, -0.1) is 0 Å². The van der Waals surface area contributed by atoms with Crippen LogP contribution in [0.1, 0.15) is 25.5 Å². The van der Waals surface area contributed by atoms with Gasteiger partial charge in [0, 0.05) is 11.6 Å². The van der Waals surface area contributed by atoms with Crippen molar-refractivity contribution in [3.8, 4) is 0 Å². The Hall–Kier alpha value is -2.04. The second kappa shape index (κ2) is 3.84. The first-order chi connectivity index (χ1) is 7.63. The molecular formula is C11H14N4O. The molecule has 0 saturated heterocycles. The summed E-state index contributed by atoms with van der Waals surface area (Å²) in [5, 5.41) is 11.6. The Kier molecular flexibility index (Phi) is 2.52. The molecule has 0 atom stereocenters. The van der Waals surface area contributed by atoms with Gasteiger partial charge in [0.25, 0.3) is 0 Å². The van der Waals surface area contributed by atoms with Crippen LogP contribution in [0.5, 0.6) is 0 Å². The molecule has 0 saturated carbocycles. The van der Waals surface area contributed by atoms with Crippen LogP contribution < -0.4 is 5.73 Å². The Morgan fingerprint density at radius 3 is 2.88 bits per heavy atom. The fourth-order valence-corrected chi connectivity index (χ4v) is 1.66. The van der Waals surface area contributed by atoms with Gasteiger partial charge >= 0.3 is 0 Å². The van der Waals surface area contributed by atoms with E-state index in [1.54, 1.807) is 6.33 Å². The third kappa shape index (κ3) is 1.60. The van der Waals surface area contributed by atoms with Crippen LogP contribution in [0.25, 0.3) is 11.0 Å². The summed E-state index contributed by atoms with van der Waals surface area (Å²) >= 11 is 0. The predicted molar refractivity (Wildman–Crippen MR) is 62.6 cm³/mol. The maximum Gasteiger partial charge on any atom is 0.170 e. The summed E-state index contributed by atoms with van der Waals surface area (Å²) in [6.45, 7) is 4.19. The number of imidazole rings is 1. The van der Waals surface area contributed by atoms with Crippen LogP contribution in [0.4, 0.5) is 0 Å². The number of hydrogen-bond acceptors (Lipinski definition) is 3. The fourth-order valence-electron chi connectivity index (χ4n) is 1.66. The molecule has 1 aromatic heterocycles. The highest BCUT2D eigenvalue weighted by Crippen LogP contribution is 2.18. The van der Waals surface area contributed by atoms with Crippen LogP contribution in [0, 0.1) is 0 Å². The van der Waals surface area contributed by atoms with Crippen LogP contribution >= 0.6 is 0 Å². The smallest absolute Gasteiger partial charge is 0.170 e. The molecule has 1 aromatic carbocycles. The van der Waals surface area contributed by atoms with Crippen molar-refractivity contribution < 1.29 is 5.21 Å². The molecule has 0 aliphatic rings. The van der Waals surface area contributed by atoms with Crippen molar-refractivity contribution in [2.75, 3.05) is 0 Å². The average Bonchev–Trinajstić information content (AvgIpc) is 2.70. The SMILES string of the molecule is CC(C)n1cnc2cc(/C(N)=N/O)ccc21. The fraction of sp³-hybridized carbons (Fsp3) is 0.273. The lowest BCUT2D eigenvalue weighted by Crippen LogP contribution is -2.12. The number of amidine groups is 1. The van der Waals surface area contributed by atoms with Gasteiger partial charge in [0.15, 0.2) is 5.84 Å². The maximum absolute atomic E-state index is 8.59. The Bertz CT molecular complexity index is 542. The van der Waals surface area contributed by atoms with Gasteiger partial charge in [0.2, 0.25) is 0 Å². The Balaban J connectivity index is 2.57. The van der Waals surface area contributed by atoms with Crippen LogP contribution in [0.15, 0.2) is 29.7 Å². The summed E-state index contributed by atoms with van der Waals surface area (Å²) in [4.78, 5) is 4.29. The second-order valence-corrected chi connectivity index (χ2v) is 3.93. The maximum atomic E-state index is 8.59. The molecule has 5 heteroatoms. The molecule has 3 N–H and O–H groups in total. The van der Waals surface area contributed by atoms with Crippen molar-refractivity contribution in [1.82, 2.24) is 9.55 Å². The molecule has 2 rings (SSSR count). The first kappa shape index (κ1) is 10.5. The summed E-state index contributed by atoms with van der Waals surface area (Å²) in [5.41, 5.74) is 8.08. The zero-order valence-corrected chi connectivity index (χ0v) is 9.25. The molecule has 0 unspecified atom stereocenters. The lowest BCUT2D eigenvalue weighted by molar-refractivity contribution is 0.318. The molecule has 0 aliphatic carbocycles. The highest BCUT2D eigenvalue weighted by atomic mass is 16.4. The van der Waals surface area contributed by atoms with Crippen LogP contribution in [-0.2, 0) is 0 Å². The lowest BCUT2D eigenvalue weighted by atomic mass is 10.2. The third-order valence-electron chi connectivity index (χ3n) is 2.53. The number of nitrogens with two attached hydrogens (primary N) is 1. The molecule has 0 fully saturated rings. The Morgan fingerprint density at radius 2 is 2.25 bits per heavy atom. The normalized spacial score (nSPS) is 12.6. The number of hydrogen-bond donors (Lipinski definition) is 2. The van der Waals surface area contributed by atoms with E-state index in [-0.39, 0.29) is 5.84 Å². The van der Waals surface area contributed by atoms with Crippen LogP contribution in [0.2, 0.25) is 0 Å². The third-order valence-corrected chi connectivity index (χ3v) is 2.53. The number of oxime groups is 1. The van der Waals surface area contributed by atoms with Crippen molar-refractivity contribution in [3.05, 3.63) is 30.1 Å². The molecule has 16 heavy (non-hydrogen) atoms. The van der Waals surface area contributed by atoms with Gasteiger partial charge in [0.05, 0.1) is 17.4 Å². The molecule has 0 spiro atoms. The quantitative estimate of drug-likeness (QED) is 0.348. The largest absolute Gasteiger partial charge is 0.409 e. The zero-order chi connectivity index (χ0) is 11.7. The number of rotatable bonds is 2. The molecule has 0 amide bonds. The van der Waals surface area contributed by atoms with Gasteiger partial charge in [-0.25, -0.2) is 4.98 Å². The number of nitrogens with zero attached hydrogens (tertiary/aromatic N) is 3. The minimum absolute atomic E-state index is 0.0981. The summed E-state index contributed by atoms with van der Waals surface area (Å²) < 4.78 is 2.07. The highest BCUT2D eigenvalue weighted by Gasteiger charge is 2.07. The highest BCUT2D eigenvalue weighted by molar-refractivity contribution is 5.99. The summed E-state index contributed by atoms with van der Waals surface area (Å²) in [6.07, 6.45) is 1.80. The zero-order valence-electron chi connectivity index (χ0n) is 9.25. The van der Waals surface area contributed by atoms with Gasteiger partial charge in [-0.1, -0.05) is 5.16 Å². The van der Waals surface area contributed by atoms with E-state index >= 15 is 0 Å². The Morgan fingerprint density at radius 1 is 1.50 bits per heavy atom. The average molecular weight is 218 g/mol. The van der Waals surface area contributed by atoms with Crippen molar-refractivity contribution >= 4 is 16.9 Å². The molecule has 0 aliphatic heterocycles. The lowest BCUT2D eigenvalue weighted by Gasteiger charge is -2.07. The first-order valence-electron chi connectivity index (χ1n) is 5.08. The molecule has 0 bridgehead atoms. The van der Waals surface area contributed by atoms with E-state index < -0.39 is 0 Å². The van der Waals surface area contributed by atoms with Crippen molar-refractivity contribution in [1.29, 1.82) is 0 Å². The standard InChI is InChI=1S/C11H14N4O/c1-7(2)15-6-13-9-5-8(11(12)14-16)3-4-10(9)15/h3-7,16H,1-2H3,(H2,12,14). The molecule has 0 radical (unpaired) electrons. The summed E-state index contributed by atoms with van der Waals surface area (Å²) in [6, 6.07) is 5.91. The van der Waals surface area contributed by atoms with E-state index in [1.165, 1.54) is 0 Å². The monoisotopic (exact) mass is 218 g/mol. The van der Waals surface area contributed by atoms with Gasteiger partial charge in [-0.2, -0.15) is 0 Å². The van der Waals surface area contributed by atoms with Crippen molar-refractivity contribution in [3.63, 3.8) is 0 Å². The molecule has 84 valence electrons. The molecule has 1 heterocycles. The van der Waals surface area contributed by atoms with E-state index in [2.05, 4.69) is 28.6 Å². The van der Waals surface area contributed by atoms with E-state index in [0.29, 0.717) is 11.6 Å². The van der Waals surface area contributed by atoms with E-state index in [4.69, 9.17) is 10.9 Å². The van der Waals surface area contributed by atoms with Gasteiger partial charge in [-0.05, 0) is 32.0 Å². The summed E-state index contributed by atoms with van der Waals surface area (Å²) in [5.74, 6) is 0.0981. The van der Waals surface area contributed by atoms with Crippen LogP contribution in [0.3, 0.4) is 0 Å². The molecular weight excluding hydrogens is 204 g/mol. The topological polar surface area (TPSA) is 76.4 Å². The second-order valence-electron chi connectivity index (χ2n) is 3.93. The Labute approximate surface area is 93.2 Å². The molecule has 2 aromatic rings. The van der Waals surface area contributed by atoms with Gasteiger partial charge in [0.1, 0.15) is 0 Å². The van der Waals surface area contributed by atoms with Crippen LogP contribution in [-0.4, -0.2) is 20.6 Å². The van der Waals surface area contributed by atoms with E-state index in [9.17, 15) is 0 Å². The van der Waals surface area contributed by atoms with Crippen molar-refractivity contribution in [2.24, 2.45) is 10.9 Å². The number of aromatic nitrogens is 2. The van der Waals surface area contributed by atoms with Gasteiger partial charge in [-0.3, -0.25) is 0 Å². The predicted octanol–water partition coefficient (Wildman–Crippen LogP) is 1.71. The number of fused-ring (bicyclic) bond motifs is 1. The summed E-state index contributed by atoms with van der Waals surface area (Å²) in [7, 11) is 0. The van der Waals surface area contributed by atoms with E-state index in [0.717, 1.165) is 11.0 Å².